The van der Waals surface area contributed by atoms with Crippen molar-refractivity contribution >= 4 is 15.4 Å². The van der Waals surface area contributed by atoms with Gasteiger partial charge in [0.1, 0.15) is 12.9 Å². The van der Waals surface area contributed by atoms with E-state index in [1.807, 2.05) is 0 Å². The van der Waals surface area contributed by atoms with Crippen molar-refractivity contribution in [3.05, 3.63) is 76.4 Å². The Morgan fingerprint density at radius 3 is 2.62 bits per heavy atom. The highest BCUT2D eigenvalue weighted by molar-refractivity contribution is 7.95. The van der Waals surface area contributed by atoms with E-state index in [4.69, 9.17) is 9.57 Å². The zero-order valence-electron chi connectivity index (χ0n) is 18.6. The number of hydrogen-bond acceptors (Lipinski definition) is 6. The van der Waals surface area contributed by atoms with E-state index in [0.29, 0.717) is 28.2 Å². The van der Waals surface area contributed by atoms with Crippen molar-refractivity contribution in [3.63, 3.8) is 0 Å². The number of aryl methyl sites for hydroxylation is 1. The van der Waals surface area contributed by atoms with Crippen LogP contribution in [0.2, 0.25) is 0 Å². The summed E-state index contributed by atoms with van der Waals surface area (Å²) in [4.78, 5) is 9.88. The van der Waals surface area contributed by atoms with Crippen LogP contribution in [-0.4, -0.2) is 31.0 Å². The molecular weight excluding hydrogens is 471 g/mol. The molecule has 3 heterocycles. The first kappa shape index (κ1) is 23.7. The normalized spacial score (nSPS) is 14.7. The smallest absolute Gasteiger partial charge is 0.416 e. The number of fused-ring (bicyclic) bond motifs is 1. The Kier molecular flexibility index (Phi) is 6.07. The number of nitrogens with zero attached hydrogens (tertiary/aromatic N) is 2. The molecule has 0 saturated carbocycles. The topological polar surface area (TPSA) is 82.5 Å². The Labute approximate surface area is 194 Å². The van der Waals surface area contributed by atoms with Gasteiger partial charge < -0.3 is 14.9 Å². The van der Waals surface area contributed by atoms with E-state index < -0.39 is 21.6 Å². The zero-order chi connectivity index (χ0) is 24.7. The third kappa shape index (κ3) is 4.35. The molecule has 4 rings (SSSR count). The molecule has 0 saturated heterocycles. The summed E-state index contributed by atoms with van der Waals surface area (Å²) in [5.74, 6) is 0.508. The van der Waals surface area contributed by atoms with E-state index in [9.17, 15) is 21.6 Å². The van der Waals surface area contributed by atoms with Crippen LogP contribution >= 0.6 is 0 Å². The van der Waals surface area contributed by atoms with Crippen molar-refractivity contribution in [2.24, 2.45) is 0 Å². The molecule has 1 aromatic carbocycles. The van der Waals surface area contributed by atoms with Gasteiger partial charge >= 0.3 is 6.18 Å². The highest BCUT2D eigenvalue weighted by Gasteiger charge is 2.32. The molecule has 180 valence electrons. The van der Waals surface area contributed by atoms with Crippen LogP contribution in [0.3, 0.4) is 0 Å². The Morgan fingerprint density at radius 1 is 1.18 bits per heavy atom. The summed E-state index contributed by atoms with van der Waals surface area (Å²) in [5.41, 5.74) is 1.60. The number of nitrogens with one attached hydrogen (secondary N) is 1. The minimum atomic E-state index is -4.53. The number of halogens is 3. The number of benzene rings is 1. The van der Waals surface area contributed by atoms with Gasteiger partial charge in [-0.1, -0.05) is 13.0 Å². The number of rotatable bonds is 6. The first-order valence-electron chi connectivity index (χ1n) is 10.3. The summed E-state index contributed by atoms with van der Waals surface area (Å²) >= 11 is 0. The SMILES string of the molecule is CCS(=O)(=O)C1=CNC(Oc2cccc(C(F)(F)F)c2)=C(c2cc(C)n(OC)c3nccc2-3)C1. The Hall–Kier alpha value is -3.47. The Balaban J connectivity index is 1.86. The number of aromatic nitrogens is 2. The lowest BCUT2D eigenvalue weighted by Crippen LogP contribution is -2.23. The van der Waals surface area contributed by atoms with Crippen molar-refractivity contribution in [3.8, 4) is 17.1 Å². The number of alkyl halides is 3. The van der Waals surface area contributed by atoms with Crippen molar-refractivity contribution in [1.82, 2.24) is 15.0 Å². The van der Waals surface area contributed by atoms with Crippen LogP contribution in [0, 0.1) is 6.92 Å². The maximum atomic E-state index is 13.2. The fraction of sp³-hybridized carbons (Fsp3) is 0.261. The Morgan fingerprint density at radius 2 is 1.94 bits per heavy atom. The van der Waals surface area contributed by atoms with Gasteiger partial charge in [0.25, 0.3) is 0 Å². The molecule has 0 bridgehead atoms. The van der Waals surface area contributed by atoms with Crippen LogP contribution in [0.1, 0.15) is 30.2 Å². The lowest BCUT2D eigenvalue weighted by molar-refractivity contribution is -0.137. The maximum Gasteiger partial charge on any atom is 0.416 e. The molecule has 0 atom stereocenters. The summed E-state index contributed by atoms with van der Waals surface area (Å²) in [6.45, 7) is 3.34. The highest BCUT2D eigenvalue weighted by Crippen LogP contribution is 2.39. The van der Waals surface area contributed by atoms with Crippen molar-refractivity contribution in [2.45, 2.75) is 26.4 Å². The second-order valence-corrected chi connectivity index (χ2v) is 9.96. The van der Waals surface area contributed by atoms with E-state index in [-0.39, 0.29) is 28.7 Å². The molecule has 0 radical (unpaired) electrons. The van der Waals surface area contributed by atoms with Gasteiger partial charge in [0.15, 0.2) is 15.7 Å². The number of pyridine rings is 1. The predicted molar refractivity (Wildman–Crippen MR) is 120 cm³/mol. The van der Waals surface area contributed by atoms with Gasteiger partial charge in [-0.2, -0.15) is 17.9 Å². The molecule has 3 aliphatic rings. The fourth-order valence-corrected chi connectivity index (χ4v) is 4.75. The largest absolute Gasteiger partial charge is 0.441 e. The number of hydrogen-bond donors (Lipinski definition) is 1. The van der Waals surface area contributed by atoms with Crippen LogP contribution in [0.4, 0.5) is 13.2 Å². The molecule has 0 amide bonds. The van der Waals surface area contributed by atoms with Crippen LogP contribution in [-0.2, 0) is 16.0 Å². The second kappa shape index (κ2) is 8.71. The van der Waals surface area contributed by atoms with Gasteiger partial charge in [-0.25, -0.2) is 13.4 Å². The molecule has 1 aromatic rings. The molecule has 3 aliphatic heterocycles. The second-order valence-electron chi connectivity index (χ2n) is 7.63. The first-order chi connectivity index (χ1) is 16.0. The van der Waals surface area contributed by atoms with E-state index >= 15 is 0 Å². The third-order valence-corrected chi connectivity index (χ3v) is 7.31. The molecule has 0 unspecified atom stereocenters. The lowest BCUT2D eigenvalue weighted by atomic mass is 9.96. The number of dihydropyridines is 1. The number of sulfone groups is 1. The maximum absolute atomic E-state index is 13.2. The summed E-state index contributed by atoms with van der Waals surface area (Å²) in [7, 11) is -2.03. The quantitative estimate of drug-likeness (QED) is 0.549. The molecule has 0 fully saturated rings. The zero-order valence-corrected chi connectivity index (χ0v) is 19.4. The lowest BCUT2D eigenvalue weighted by Gasteiger charge is -2.25. The molecular formula is C23H22F3N3O4S. The fourth-order valence-electron chi connectivity index (χ4n) is 3.78. The van der Waals surface area contributed by atoms with Gasteiger partial charge in [0.05, 0.1) is 21.9 Å². The summed E-state index contributed by atoms with van der Waals surface area (Å²) in [5, 5.41) is 2.85. The molecule has 34 heavy (non-hydrogen) atoms. The number of allylic oxidation sites excluding steroid dienone is 2. The predicted octanol–water partition coefficient (Wildman–Crippen LogP) is 4.39. The van der Waals surface area contributed by atoms with Gasteiger partial charge in [0.2, 0.25) is 5.88 Å². The van der Waals surface area contributed by atoms with Crippen LogP contribution < -0.4 is 14.9 Å². The van der Waals surface area contributed by atoms with E-state index in [1.165, 1.54) is 30.2 Å². The Bertz CT molecular complexity index is 1370. The molecule has 7 nitrogen and oxygen atoms in total. The average molecular weight is 494 g/mol. The van der Waals surface area contributed by atoms with E-state index in [2.05, 4.69) is 10.3 Å². The third-order valence-electron chi connectivity index (χ3n) is 5.49. The van der Waals surface area contributed by atoms with Crippen molar-refractivity contribution in [1.29, 1.82) is 0 Å². The minimum absolute atomic E-state index is 0.00577. The van der Waals surface area contributed by atoms with Crippen LogP contribution in [0.5, 0.6) is 5.75 Å². The molecule has 0 aliphatic carbocycles. The van der Waals surface area contributed by atoms with Crippen molar-refractivity contribution < 1.29 is 31.2 Å². The molecule has 11 heteroatoms. The standard InChI is InChI=1S/C23H22F3N3O4S/c1-4-34(30,31)17-12-20(19-10-14(2)29(32-3)21-18(19)8-9-27-21)22(28-13-17)33-16-7-5-6-15(11-16)23(24,25)26/h5-11,13,28H,4,12H2,1-3H3. The van der Waals surface area contributed by atoms with Crippen LogP contribution in [0.15, 0.2) is 59.6 Å². The van der Waals surface area contributed by atoms with Gasteiger partial charge in [-0.05, 0) is 42.8 Å². The molecule has 1 N–H and O–H groups in total. The summed E-state index contributed by atoms with van der Waals surface area (Å²) < 4.78 is 72.1. The monoisotopic (exact) mass is 493 g/mol. The number of ether oxygens (including phenoxy) is 1. The highest BCUT2D eigenvalue weighted by atomic mass is 32.2. The minimum Gasteiger partial charge on any atom is -0.441 e. The average Bonchev–Trinajstić information content (AvgIpc) is 3.28. The van der Waals surface area contributed by atoms with E-state index in [0.717, 1.165) is 12.1 Å². The summed E-state index contributed by atoms with van der Waals surface area (Å²) in [6.07, 6.45) is -1.63. The van der Waals surface area contributed by atoms with Gasteiger partial charge in [0, 0.05) is 30.0 Å². The van der Waals surface area contributed by atoms with Crippen LogP contribution in [0.25, 0.3) is 17.0 Å². The van der Waals surface area contributed by atoms with E-state index in [1.54, 1.807) is 32.2 Å². The molecule has 0 spiro atoms. The van der Waals surface area contributed by atoms with Gasteiger partial charge in [-0.15, -0.1) is 0 Å². The van der Waals surface area contributed by atoms with Gasteiger partial charge in [-0.3, -0.25) is 0 Å². The summed E-state index contributed by atoms with van der Waals surface area (Å²) in [6, 6.07) is 8.03. The first-order valence-corrected chi connectivity index (χ1v) is 12.0. The molecule has 0 aromatic heterocycles. The van der Waals surface area contributed by atoms with Crippen molar-refractivity contribution in [2.75, 3.05) is 12.9 Å².